The molecular formula is C17H18F2N2O. The first-order valence-electron chi connectivity index (χ1n) is 7.02. The third kappa shape index (κ3) is 4.28. The summed E-state index contributed by atoms with van der Waals surface area (Å²) in [5, 5.41) is 5.61. The fourth-order valence-corrected chi connectivity index (χ4v) is 2.03. The molecular weight excluding hydrogens is 286 g/mol. The van der Waals surface area contributed by atoms with Crippen molar-refractivity contribution in [2.75, 3.05) is 17.2 Å². The van der Waals surface area contributed by atoms with Gasteiger partial charge in [-0.2, -0.15) is 0 Å². The first-order valence-corrected chi connectivity index (χ1v) is 7.02. The predicted molar refractivity (Wildman–Crippen MR) is 84.0 cm³/mol. The standard InChI is InChI=1S/C17H18F2N2O/c1-11-3-4-12(2)16(9-11)21-17(22)7-8-20-15-6-5-13(18)10-14(15)19/h3-6,9-10,20H,7-8H2,1-2H3,(H,21,22). The number of amides is 1. The molecule has 5 heteroatoms. The normalized spacial score (nSPS) is 10.4. The molecule has 0 saturated heterocycles. The van der Waals surface area contributed by atoms with Crippen molar-refractivity contribution in [2.45, 2.75) is 20.3 Å². The van der Waals surface area contributed by atoms with Gasteiger partial charge in [-0.3, -0.25) is 4.79 Å². The molecule has 0 aliphatic carbocycles. The van der Waals surface area contributed by atoms with Gasteiger partial charge < -0.3 is 10.6 Å². The number of anilines is 2. The Hall–Kier alpha value is -2.43. The molecule has 0 aliphatic heterocycles. The second kappa shape index (κ2) is 7.02. The van der Waals surface area contributed by atoms with Gasteiger partial charge in [0.05, 0.1) is 5.69 Å². The van der Waals surface area contributed by atoms with E-state index in [1.165, 1.54) is 12.1 Å². The summed E-state index contributed by atoms with van der Waals surface area (Å²) < 4.78 is 26.2. The van der Waals surface area contributed by atoms with Crippen LogP contribution in [0.2, 0.25) is 0 Å². The topological polar surface area (TPSA) is 41.1 Å². The Labute approximate surface area is 128 Å². The van der Waals surface area contributed by atoms with Crippen LogP contribution in [-0.2, 0) is 4.79 Å². The van der Waals surface area contributed by atoms with Gasteiger partial charge in [-0.15, -0.1) is 0 Å². The Morgan fingerprint density at radius 2 is 1.82 bits per heavy atom. The lowest BCUT2D eigenvalue weighted by Gasteiger charge is -2.10. The number of benzene rings is 2. The summed E-state index contributed by atoms with van der Waals surface area (Å²) >= 11 is 0. The summed E-state index contributed by atoms with van der Waals surface area (Å²) in [7, 11) is 0. The molecule has 2 N–H and O–H groups in total. The Morgan fingerprint density at radius 3 is 2.55 bits per heavy atom. The fraction of sp³-hybridized carbons (Fsp3) is 0.235. The van der Waals surface area contributed by atoms with Crippen LogP contribution >= 0.6 is 0 Å². The fourth-order valence-electron chi connectivity index (χ4n) is 2.03. The number of halogens is 2. The van der Waals surface area contributed by atoms with Crippen LogP contribution in [0, 0.1) is 25.5 Å². The van der Waals surface area contributed by atoms with E-state index in [2.05, 4.69) is 10.6 Å². The average Bonchev–Trinajstić information content (AvgIpc) is 2.45. The third-order valence-electron chi connectivity index (χ3n) is 3.27. The summed E-state index contributed by atoms with van der Waals surface area (Å²) in [6.45, 7) is 4.13. The molecule has 0 heterocycles. The van der Waals surface area contributed by atoms with E-state index in [9.17, 15) is 13.6 Å². The average molecular weight is 304 g/mol. The van der Waals surface area contributed by atoms with Crippen molar-refractivity contribution >= 4 is 17.3 Å². The lowest BCUT2D eigenvalue weighted by molar-refractivity contribution is -0.115. The van der Waals surface area contributed by atoms with Crippen LogP contribution in [0.1, 0.15) is 17.5 Å². The molecule has 2 rings (SSSR count). The molecule has 22 heavy (non-hydrogen) atoms. The van der Waals surface area contributed by atoms with Gasteiger partial charge in [-0.25, -0.2) is 8.78 Å². The highest BCUT2D eigenvalue weighted by Crippen LogP contribution is 2.17. The summed E-state index contributed by atoms with van der Waals surface area (Å²) in [4.78, 5) is 11.9. The van der Waals surface area contributed by atoms with Gasteiger partial charge in [-0.1, -0.05) is 12.1 Å². The number of carbonyl (C=O) groups excluding carboxylic acids is 1. The first-order chi connectivity index (χ1) is 10.5. The van der Waals surface area contributed by atoms with Crippen molar-refractivity contribution in [3.8, 4) is 0 Å². The zero-order chi connectivity index (χ0) is 16.1. The van der Waals surface area contributed by atoms with Gasteiger partial charge in [0, 0.05) is 24.7 Å². The van der Waals surface area contributed by atoms with Crippen LogP contribution in [0.3, 0.4) is 0 Å². The van der Waals surface area contributed by atoms with Crippen LogP contribution in [-0.4, -0.2) is 12.5 Å². The van der Waals surface area contributed by atoms with E-state index in [4.69, 9.17) is 0 Å². The van der Waals surface area contributed by atoms with Crippen molar-refractivity contribution in [2.24, 2.45) is 0 Å². The highest BCUT2D eigenvalue weighted by molar-refractivity contribution is 5.91. The Morgan fingerprint density at radius 1 is 1.05 bits per heavy atom. The molecule has 2 aromatic carbocycles. The molecule has 0 fully saturated rings. The maximum absolute atomic E-state index is 13.4. The number of hydrogen-bond donors (Lipinski definition) is 2. The lowest BCUT2D eigenvalue weighted by atomic mass is 10.1. The second-order valence-corrected chi connectivity index (χ2v) is 5.17. The van der Waals surface area contributed by atoms with Crippen molar-refractivity contribution in [1.82, 2.24) is 0 Å². The summed E-state index contributed by atoms with van der Waals surface area (Å²) in [5.74, 6) is -1.46. The molecule has 0 saturated carbocycles. The van der Waals surface area contributed by atoms with Gasteiger partial charge in [-0.05, 0) is 43.2 Å². The zero-order valence-electron chi connectivity index (χ0n) is 12.5. The Balaban J connectivity index is 1.86. The Bertz CT molecular complexity index is 686. The highest BCUT2D eigenvalue weighted by atomic mass is 19.1. The van der Waals surface area contributed by atoms with Crippen molar-refractivity contribution in [3.63, 3.8) is 0 Å². The van der Waals surface area contributed by atoms with E-state index in [1.807, 2.05) is 32.0 Å². The van der Waals surface area contributed by atoms with Gasteiger partial charge in [0.15, 0.2) is 0 Å². The quantitative estimate of drug-likeness (QED) is 0.876. The number of aryl methyl sites for hydroxylation is 2. The van der Waals surface area contributed by atoms with Crippen LogP contribution in [0.4, 0.5) is 20.2 Å². The smallest absolute Gasteiger partial charge is 0.226 e. The minimum Gasteiger partial charge on any atom is -0.382 e. The van der Waals surface area contributed by atoms with Crippen LogP contribution in [0.25, 0.3) is 0 Å². The molecule has 0 atom stereocenters. The minimum atomic E-state index is -0.671. The monoisotopic (exact) mass is 304 g/mol. The minimum absolute atomic E-state index is 0.163. The largest absolute Gasteiger partial charge is 0.382 e. The molecule has 1 amide bonds. The van der Waals surface area contributed by atoms with Crippen LogP contribution in [0.5, 0.6) is 0 Å². The maximum Gasteiger partial charge on any atom is 0.226 e. The highest BCUT2D eigenvalue weighted by Gasteiger charge is 2.07. The van der Waals surface area contributed by atoms with E-state index in [0.717, 1.165) is 22.9 Å². The predicted octanol–water partition coefficient (Wildman–Crippen LogP) is 4.02. The van der Waals surface area contributed by atoms with E-state index in [-0.39, 0.29) is 24.6 Å². The summed E-state index contributed by atoms with van der Waals surface area (Å²) in [6, 6.07) is 9.11. The number of hydrogen-bond acceptors (Lipinski definition) is 2. The number of rotatable bonds is 5. The Kier molecular flexibility index (Phi) is 5.09. The molecule has 0 aliphatic rings. The maximum atomic E-state index is 13.4. The molecule has 3 nitrogen and oxygen atoms in total. The second-order valence-electron chi connectivity index (χ2n) is 5.17. The molecule has 0 radical (unpaired) electrons. The van der Waals surface area contributed by atoms with E-state index in [1.54, 1.807) is 0 Å². The summed E-state index contributed by atoms with van der Waals surface area (Å²) in [6.07, 6.45) is 0.185. The summed E-state index contributed by atoms with van der Waals surface area (Å²) in [5.41, 5.74) is 3.00. The van der Waals surface area contributed by atoms with Crippen molar-refractivity contribution in [3.05, 3.63) is 59.2 Å². The van der Waals surface area contributed by atoms with E-state index < -0.39 is 11.6 Å². The van der Waals surface area contributed by atoms with Gasteiger partial charge in [0.1, 0.15) is 11.6 Å². The number of nitrogens with one attached hydrogen (secondary N) is 2. The lowest BCUT2D eigenvalue weighted by Crippen LogP contribution is -2.17. The van der Waals surface area contributed by atoms with Gasteiger partial charge in [0.2, 0.25) is 5.91 Å². The first kappa shape index (κ1) is 15.9. The molecule has 0 bridgehead atoms. The van der Waals surface area contributed by atoms with E-state index in [0.29, 0.717) is 0 Å². The van der Waals surface area contributed by atoms with Gasteiger partial charge >= 0.3 is 0 Å². The molecule has 2 aromatic rings. The molecule has 0 spiro atoms. The van der Waals surface area contributed by atoms with Crippen LogP contribution < -0.4 is 10.6 Å². The third-order valence-corrected chi connectivity index (χ3v) is 3.27. The van der Waals surface area contributed by atoms with Gasteiger partial charge in [0.25, 0.3) is 0 Å². The van der Waals surface area contributed by atoms with Crippen molar-refractivity contribution < 1.29 is 13.6 Å². The van der Waals surface area contributed by atoms with Crippen LogP contribution in [0.15, 0.2) is 36.4 Å². The SMILES string of the molecule is Cc1ccc(C)c(NC(=O)CCNc2ccc(F)cc2F)c1. The molecule has 0 aromatic heterocycles. The molecule has 116 valence electrons. The van der Waals surface area contributed by atoms with E-state index >= 15 is 0 Å². The zero-order valence-corrected chi connectivity index (χ0v) is 12.5. The molecule has 0 unspecified atom stereocenters. The van der Waals surface area contributed by atoms with Crippen molar-refractivity contribution in [1.29, 1.82) is 0 Å². The number of carbonyl (C=O) groups is 1.